The van der Waals surface area contributed by atoms with E-state index in [9.17, 15) is 14.0 Å². The van der Waals surface area contributed by atoms with Crippen LogP contribution in [-0.2, 0) is 26.5 Å². The van der Waals surface area contributed by atoms with Crippen LogP contribution < -0.4 is 14.2 Å². The van der Waals surface area contributed by atoms with Gasteiger partial charge in [0, 0.05) is 11.1 Å². The Hall–Kier alpha value is -5.03. The molecule has 85 heavy (non-hydrogen) atoms. The van der Waals surface area contributed by atoms with Gasteiger partial charge in [-0.25, -0.2) is 18.5 Å². The molecule has 0 aliphatic carbocycles. The van der Waals surface area contributed by atoms with Gasteiger partial charge >= 0.3 is 0 Å². The Labute approximate surface area is 521 Å². The predicted molar refractivity (Wildman–Crippen MR) is 353 cm³/mol. The van der Waals surface area contributed by atoms with Gasteiger partial charge in [0.05, 0.1) is 53.8 Å². The third-order valence-electron chi connectivity index (χ3n) is 18.1. The Kier molecular flexibility index (Phi) is 23.5. The number of nitrogens with zero attached hydrogens (tertiary/aromatic N) is 4. The number of Topliss-reactive ketones (excluding diaryl/α,β-unsaturated/α-hetero) is 1. The van der Waals surface area contributed by atoms with Gasteiger partial charge in [-0.05, 0) is 172 Å². The van der Waals surface area contributed by atoms with E-state index >= 15 is 4.39 Å². The average Bonchev–Trinajstić information content (AvgIpc) is 2.60. The van der Waals surface area contributed by atoms with E-state index < -0.39 is 62.7 Å². The number of benzene rings is 4. The van der Waals surface area contributed by atoms with E-state index in [4.69, 9.17) is 58.5 Å². The van der Waals surface area contributed by atoms with Gasteiger partial charge in [-0.1, -0.05) is 131 Å². The average molecular weight is 1280 g/mol. The van der Waals surface area contributed by atoms with E-state index in [-0.39, 0.29) is 67.6 Å². The summed E-state index contributed by atoms with van der Waals surface area (Å²) in [4.78, 5) is 33.7. The second kappa shape index (κ2) is 27.6. The molecule has 0 bridgehead atoms. The highest BCUT2D eigenvalue weighted by Gasteiger charge is 2.44. The number of ketones is 1. The van der Waals surface area contributed by atoms with Gasteiger partial charge in [-0.2, -0.15) is 0 Å². The second-order valence-corrected chi connectivity index (χ2v) is 48.2. The number of carbonyl (C=O) groups is 2. The van der Waals surface area contributed by atoms with Gasteiger partial charge in [0.1, 0.15) is 11.5 Å². The summed E-state index contributed by atoms with van der Waals surface area (Å²) >= 11 is 13.0. The van der Waals surface area contributed by atoms with Gasteiger partial charge in [-0.15, -0.1) is 10.2 Å². The van der Waals surface area contributed by atoms with Crippen molar-refractivity contribution in [2.45, 2.75) is 214 Å². The third kappa shape index (κ3) is 18.1. The fourth-order valence-electron chi connectivity index (χ4n) is 8.11. The predicted octanol–water partition coefficient (Wildman–Crippen LogP) is 19.8. The van der Waals surface area contributed by atoms with Crippen LogP contribution in [0.2, 0.25) is 82.6 Å². The number of hydrogen-bond acceptors (Lipinski definition) is 9. The molecule has 0 spiro atoms. The van der Waals surface area contributed by atoms with Crippen LogP contribution >= 0.6 is 23.2 Å². The molecule has 1 N–H and O–H groups in total. The van der Waals surface area contributed by atoms with Gasteiger partial charge in [0.2, 0.25) is 29.1 Å². The number of carbonyl (C=O) groups excluding carboxylic acids is 2. The van der Waals surface area contributed by atoms with E-state index in [2.05, 4.69) is 148 Å². The Morgan fingerprint density at radius 1 is 0.612 bits per heavy atom. The van der Waals surface area contributed by atoms with E-state index in [1.54, 1.807) is 24.3 Å². The van der Waals surface area contributed by atoms with Crippen LogP contribution in [0, 0.1) is 44.5 Å². The summed E-state index contributed by atoms with van der Waals surface area (Å²) in [7, 11) is -8.85. The first kappa shape index (κ1) is 72.4. The maximum absolute atomic E-state index is 15.2. The first-order chi connectivity index (χ1) is 38.7. The van der Waals surface area contributed by atoms with E-state index in [1.165, 1.54) is 24.3 Å². The van der Waals surface area contributed by atoms with Crippen molar-refractivity contribution < 1.29 is 40.5 Å². The Morgan fingerprint density at radius 2 is 1.04 bits per heavy atom. The van der Waals surface area contributed by atoms with Gasteiger partial charge in [-0.3, -0.25) is 9.59 Å². The molecule has 0 fully saturated rings. The largest absolute Gasteiger partial charge is 0.542 e. The standard InChI is InChI=1S/C33H48ClFN2O4Si2.C32H45ClFN3O3Si2/c1-21-23(14-16-27(36-9)30(21)34)18-25(22(2)40-42(10,11)32(3,4)5)31(39)37-20-28(38)24-15-17-29(26(35)19-24)41-43(12,13)33(6,7)8;1-20-22(14-16-26(35-9)28(20)33)18-24(21(2)39-41(10,11)31(3,4)5)30-37-36-29(38-30)23-15-17-27(25(34)19-23)40-42(12,13)32(6,7)8/h14-17,19,22,25H,18,20H2,1-8,10-13H3,(H,37,39);14-17,19,21,24H,18H2,1-8,10-13H3/t22-,25+;21-,24+/m00/s1. The van der Waals surface area contributed by atoms with Crippen molar-refractivity contribution in [2.24, 2.45) is 5.92 Å². The van der Waals surface area contributed by atoms with Crippen LogP contribution in [0.3, 0.4) is 0 Å². The molecule has 0 unspecified atom stereocenters. The van der Waals surface area contributed by atoms with E-state index in [1.807, 2.05) is 52.9 Å². The summed E-state index contributed by atoms with van der Waals surface area (Å²) in [5.41, 5.74) is 4.78. The summed E-state index contributed by atoms with van der Waals surface area (Å²) in [6.07, 6.45) is 0.122. The monoisotopic (exact) mass is 1280 g/mol. The van der Waals surface area contributed by atoms with Crippen molar-refractivity contribution in [1.29, 1.82) is 0 Å². The molecule has 20 heteroatoms. The summed E-state index contributed by atoms with van der Waals surface area (Å²) in [5.74, 6) is -1.76. The zero-order valence-corrected chi connectivity index (χ0v) is 60.4. The quantitative estimate of drug-likeness (QED) is 0.0460. The third-order valence-corrected chi connectivity index (χ3v) is 36.9. The molecule has 1 heterocycles. The molecule has 5 rings (SSSR count). The minimum absolute atomic E-state index is 0.00801. The van der Waals surface area contributed by atoms with Crippen molar-refractivity contribution in [3.05, 3.63) is 139 Å². The summed E-state index contributed by atoms with van der Waals surface area (Å²) < 4.78 is 62.1. The molecule has 1 aromatic heterocycles. The molecule has 0 aliphatic rings. The molecule has 464 valence electrons. The Balaban J connectivity index is 0.000000364. The number of halogens is 4. The van der Waals surface area contributed by atoms with Gasteiger partial charge < -0.3 is 27.4 Å². The van der Waals surface area contributed by atoms with Crippen LogP contribution in [0.15, 0.2) is 65.1 Å². The molecule has 0 saturated heterocycles. The lowest BCUT2D eigenvalue weighted by molar-refractivity contribution is -0.127. The maximum Gasteiger partial charge on any atom is 0.250 e. The maximum atomic E-state index is 15.2. The molecule has 4 aromatic carbocycles. The molecule has 12 nitrogen and oxygen atoms in total. The summed E-state index contributed by atoms with van der Waals surface area (Å²) in [6.45, 7) is 64.6. The first-order valence-electron chi connectivity index (χ1n) is 29.0. The summed E-state index contributed by atoms with van der Waals surface area (Å²) in [6, 6.07) is 16.1. The number of aromatic nitrogens is 2. The second-order valence-electron chi connectivity index (χ2n) is 28.5. The lowest BCUT2D eigenvalue weighted by Crippen LogP contribution is -2.48. The minimum atomic E-state index is -2.26. The van der Waals surface area contributed by atoms with Crippen molar-refractivity contribution >= 4 is 79.5 Å². The molecule has 1 amide bonds. The number of amides is 1. The molecule has 0 aliphatic heterocycles. The molecule has 0 radical (unpaired) electrons. The highest BCUT2D eigenvalue weighted by Crippen LogP contribution is 2.44. The Bertz CT molecular complexity index is 3290. The van der Waals surface area contributed by atoms with Crippen molar-refractivity contribution in [3.63, 3.8) is 0 Å². The molecule has 5 aromatic rings. The lowest BCUT2D eigenvalue weighted by atomic mass is 9.91. The SMILES string of the molecule is [C-]#[N+]c1ccc(C[C@@H](C(=O)NCC(=O)c2ccc(O[Si](C)(C)C(C)(C)C)c(F)c2)[C@H](C)O[Si](C)(C)C(C)(C)C)c(C)c1Cl.[C-]#[N+]c1ccc(C[C@@H](c2nnc(-c3ccc(O[Si](C)(C)C(C)(C)C)c(F)c3)o2)[C@H](C)O[Si](C)(C)C(C)(C)C)c(C)c1Cl. The van der Waals surface area contributed by atoms with Crippen LogP contribution in [0.1, 0.15) is 141 Å². The van der Waals surface area contributed by atoms with Crippen LogP contribution in [0.4, 0.5) is 20.2 Å². The van der Waals surface area contributed by atoms with Gasteiger partial charge in [0.15, 0.2) is 34.1 Å². The molecular weight excluding hydrogens is 1180 g/mol. The smallest absolute Gasteiger partial charge is 0.250 e. The zero-order chi connectivity index (χ0) is 65.0. The van der Waals surface area contributed by atoms with E-state index in [0.717, 1.165) is 22.3 Å². The molecule has 4 atom stereocenters. The van der Waals surface area contributed by atoms with Crippen molar-refractivity contribution in [2.75, 3.05) is 6.54 Å². The molecule has 0 saturated carbocycles. The van der Waals surface area contributed by atoms with Crippen LogP contribution in [0.5, 0.6) is 11.5 Å². The van der Waals surface area contributed by atoms with Crippen molar-refractivity contribution in [1.82, 2.24) is 15.5 Å². The molecular formula is C65H93Cl2F2N5O7Si4. The normalized spacial score (nSPS) is 14.2. The highest BCUT2D eigenvalue weighted by molar-refractivity contribution is 6.75. The first-order valence-corrected chi connectivity index (χ1v) is 41.4. The van der Waals surface area contributed by atoms with Crippen LogP contribution in [-0.4, -0.2) is 73.9 Å². The van der Waals surface area contributed by atoms with Crippen molar-refractivity contribution in [3.8, 4) is 23.0 Å². The summed E-state index contributed by atoms with van der Waals surface area (Å²) in [5, 5.41) is 12.1. The zero-order valence-electron chi connectivity index (χ0n) is 54.9. The fourth-order valence-corrected chi connectivity index (χ4v) is 13.5. The number of hydrogen-bond donors (Lipinski definition) is 1. The minimum Gasteiger partial charge on any atom is -0.542 e. The number of rotatable bonds is 20. The fraction of sp³-hybridized carbons (Fsp3) is 0.538. The number of nitrogens with one attached hydrogen (secondary N) is 1. The topological polar surface area (TPSA) is 131 Å². The highest BCUT2D eigenvalue weighted by atomic mass is 35.5. The lowest BCUT2D eigenvalue weighted by Gasteiger charge is -2.40. The van der Waals surface area contributed by atoms with Gasteiger partial charge in [0.25, 0.3) is 16.6 Å². The van der Waals surface area contributed by atoms with E-state index in [0.29, 0.717) is 45.7 Å². The Morgan fingerprint density at radius 3 is 1.46 bits per heavy atom. The van der Waals surface area contributed by atoms with Crippen LogP contribution in [0.25, 0.3) is 21.1 Å².